The molecule has 6 nitrogen and oxygen atoms in total. The molecule has 0 spiro atoms. The van der Waals surface area contributed by atoms with E-state index in [2.05, 4.69) is 9.97 Å². The predicted molar refractivity (Wildman–Crippen MR) is 67.1 cm³/mol. The van der Waals surface area contributed by atoms with E-state index in [4.69, 9.17) is 17.3 Å². The Labute approximate surface area is 105 Å². The van der Waals surface area contributed by atoms with Gasteiger partial charge in [0.2, 0.25) is 5.28 Å². The first-order valence-corrected chi connectivity index (χ1v) is 7.34. The van der Waals surface area contributed by atoms with Crippen LogP contribution < -0.4 is 10.6 Å². The third kappa shape index (κ3) is 2.61. The molecule has 2 heterocycles. The quantitative estimate of drug-likeness (QED) is 0.740. The molecular formula is C9H13ClN4O2S. The highest BCUT2D eigenvalue weighted by atomic mass is 35.5. The molecule has 1 aromatic heterocycles. The van der Waals surface area contributed by atoms with Gasteiger partial charge in [-0.15, -0.1) is 0 Å². The summed E-state index contributed by atoms with van der Waals surface area (Å²) in [5.74, 6) is 0.762. The summed E-state index contributed by atoms with van der Waals surface area (Å²) in [4.78, 5) is 9.84. The Bertz CT molecular complexity index is 532. The summed E-state index contributed by atoms with van der Waals surface area (Å²) in [7, 11) is -2.92. The lowest BCUT2D eigenvalue weighted by Gasteiger charge is -2.28. The molecule has 0 atom stereocenters. The van der Waals surface area contributed by atoms with Crippen LogP contribution in [-0.2, 0) is 9.84 Å². The monoisotopic (exact) mass is 276 g/mol. The Balaban J connectivity index is 2.30. The predicted octanol–water partition coefficient (Wildman–Crippen LogP) is 0.255. The molecule has 2 N–H and O–H groups in total. The van der Waals surface area contributed by atoms with Crippen LogP contribution in [0, 0.1) is 6.92 Å². The SMILES string of the molecule is Cc1nc(Cl)nc(N2CCS(=O)(=O)CC2)c1N. The number of halogens is 1. The average molecular weight is 277 g/mol. The highest BCUT2D eigenvalue weighted by Crippen LogP contribution is 2.25. The van der Waals surface area contributed by atoms with Gasteiger partial charge in [0.05, 0.1) is 22.9 Å². The number of sulfone groups is 1. The van der Waals surface area contributed by atoms with Crippen LogP contribution in [-0.4, -0.2) is 43.0 Å². The first-order chi connectivity index (χ1) is 7.89. The van der Waals surface area contributed by atoms with E-state index < -0.39 is 9.84 Å². The van der Waals surface area contributed by atoms with Gasteiger partial charge in [0, 0.05) is 13.1 Å². The zero-order valence-corrected chi connectivity index (χ0v) is 10.9. The van der Waals surface area contributed by atoms with Crippen molar-refractivity contribution in [1.82, 2.24) is 9.97 Å². The molecule has 17 heavy (non-hydrogen) atoms. The molecule has 1 aromatic rings. The molecule has 1 aliphatic rings. The second-order valence-electron chi connectivity index (χ2n) is 3.95. The Kier molecular flexibility index (Phi) is 3.13. The lowest BCUT2D eigenvalue weighted by molar-refractivity contribution is 0.586. The van der Waals surface area contributed by atoms with E-state index in [0.717, 1.165) is 0 Å². The van der Waals surface area contributed by atoms with Gasteiger partial charge in [-0.2, -0.15) is 4.98 Å². The molecule has 0 saturated carbocycles. The Morgan fingerprint density at radius 3 is 2.47 bits per heavy atom. The molecule has 0 bridgehead atoms. The second kappa shape index (κ2) is 4.30. The molecule has 8 heteroatoms. The van der Waals surface area contributed by atoms with E-state index in [-0.39, 0.29) is 16.8 Å². The minimum Gasteiger partial charge on any atom is -0.394 e. The third-order valence-electron chi connectivity index (χ3n) is 2.73. The maximum atomic E-state index is 11.3. The molecule has 0 radical (unpaired) electrons. The van der Waals surface area contributed by atoms with Gasteiger partial charge in [-0.3, -0.25) is 0 Å². The number of anilines is 2. The fraction of sp³-hybridized carbons (Fsp3) is 0.556. The summed E-state index contributed by atoms with van der Waals surface area (Å²) in [5, 5.41) is 0.125. The van der Waals surface area contributed by atoms with Crippen LogP contribution in [0.1, 0.15) is 5.69 Å². The minimum absolute atomic E-state index is 0.118. The average Bonchev–Trinajstić information content (AvgIpc) is 2.24. The fourth-order valence-corrected chi connectivity index (χ4v) is 3.11. The van der Waals surface area contributed by atoms with E-state index >= 15 is 0 Å². The van der Waals surface area contributed by atoms with Crippen molar-refractivity contribution >= 4 is 32.9 Å². The van der Waals surface area contributed by atoms with E-state index in [1.165, 1.54) is 0 Å². The number of nitrogen functional groups attached to an aromatic ring is 1. The fourth-order valence-electron chi connectivity index (χ4n) is 1.70. The number of aromatic nitrogens is 2. The van der Waals surface area contributed by atoms with E-state index in [1.54, 1.807) is 6.92 Å². The van der Waals surface area contributed by atoms with Gasteiger partial charge in [0.15, 0.2) is 15.7 Å². The molecular weight excluding hydrogens is 264 g/mol. The van der Waals surface area contributed by atoms with Crippen LogP contribution in [0.3, 0.4) is 0 Å². The lowest BCUT2D eigenvalue weighted by Crippen LogP contribution is -2.41. The van der Waals surface area contributed by atoms with Crippen molar-refractivity contribution in [3.8, 4) is 0 Å². The normalized spacial score (nSPS) is 19.3. The summed E-state index contributed by atoms with van der Waals surface area (Å²) in [6, 6.07) is 0. The summed E-state index contributed by atoms with van der Waals surface area (Å²) < 4.78 is 22.7. The Morgan fingerprint density at radius 1 is 1.29 bits per heavy atom. The van der Waals surface area contributed by atoms with Gasteiger partial charge in [0.25, 0.3) is 0 Å². The number of aryl methyl sites for hydroxylation is 1. The highest BCUT2D eigenvalue weighted by Gasteiger charge is 2.24. The largest absolute Gasteiger partial charge is 0.394 e. The van der Waals surface area contributed by atoms with E-state index in [9.17, 15) is 8.42 Å². The zero-order valence-electron chi connectivity index (χ0n) is 9.35. The van der Waals surface area contributed by atoms with Crippen molar-refractivity contribution in [2.24, 2.45) is 0 Å². The van der Waals surface area contributed by atoms with Crippen molar-refractivity contribution in [2.75, 3.05) is 35.2 Å². The number of hydrogen-bond donors (Lipinski definition) is 1. The molecule has 0 aliphatic carbocycles. The number of rotatable bonds is 1. The molecule has 2 rings (SSSR count). The molecule has 0 aromatic carbocycles. The van der Waals surface area contributed by atoms with Gasteiger partial charge in [-0.05, 0) is 18.5 Å². The van der Waals surface area contributed by atoms with Crippen molar-refractivity contribution in [1.29, 1.82) is 0 Å². The Hall–Kier alpha value is -1.08. The first kappa shape index (κ1) is 12.4. The van der Waals surface area contributed by atoms with Gasteiger partial charge in [-0.25, -0.2) is 13.4 Å². The topological polar surface area (TPSA) is 89.2 Å². The molecule has 1 fully saturated rings. The summed E-state index contributed by atoms with van der Waals surface area (Å²) in [6.45, 7) is 2.52. The Morgan fingerprint density at radius 2 is 1.88 bits per heavy atom. The number of nitrogens with two attached hydrogens (primary N) is 1. The summed E-state index contributed by atoms with van der Waals surface area (Å²) >= 11 is 5.77. The summed E-state index contributed by atoms with van der Waals surface area (Å²) in [5.41, 5.74) is 6.93. The van der Waals surface area contributed by atoms with Crippen LogP contribution in [0.4, 0.5) is 11.5 Å². The molecule has 0 unspecified atom stereocenters. The van der Waals surface area contributed by atoms with Crippen LogP contribution in [0.25, 0.3) is 0 Å². The molecule has 0 amide bonds. The van der Waals surface area contributed by atoms with Crippen molar-refractivity contribution in [3.05, 3.63) is 11.0 Å². The van der Waals surface area contributed by atoms with Gasteiger partial charge in [-0.1, -0.05) is 0 Å². The van der Waals surface area contributed by atoms with Crippen LogP contribution in [0.5, 0.6) is 0 Å². The first-order valence-electron chi connectivity index (χ1n) is 5.14. The standard InChI is InChI=1S/C9H13ClN4O2S/c1-6-7(11)8(13-9(10)12-6)14-2-4-17(15,16)5-3-14/h2-5,11H2,1H3. The maximum absolute atomic E-state index is 11.3. The lowest BCUT2D eigenvalue weighted by atomic mass is 10.3. The van der Waals surface area contributed by atoms with Gasteiger partial charge >= 0.3 is 0 Å². The van der Waals surface area contributed by atoms with Crippen LogP contribution in [0.2, 0.25) is 5.28 Å². The zero-order chi connectivity index (χ0) is 12.6. The smallest absolute Gasteiger partial charge is 0.224 e. The van der Waals surface area contributed by atoms with Crippen molar-refractivity contribution in [3.63, 3.8) is 0 Å². The maximum Gasteiger partial charge on any atom is 0.224 e. The van der Waals surface area contributed by atoms with E-state index in [0.29, 0.717) is 30.3 Å². The third-order valence-corrected chi connectivity index (χ3v) is 4.51. The number of hydrogen-bond acceptors (Lipinski definition) is 6. The van der Waals surface area contributed by atoms with Crippen LogP contribution >= 0.6 is 11.6 Å². The minimum atomic E-state index is -2.92. The van der Waals surface area contributed by atoms with Crippen molar-refractivity contribution < 1.29 is 8.42 Å². The number of nitrogens with zero attached hydrogens (tertiary/aromatic N) is 3. The molecule has 94 valence electrons. The highest BCUT2D eigenvalue weighted by molar-refractivity contribution is 7.91. The van der Waals surface area contributed by atoms with Crippen molar-refractivity contribution in [2.45, 2.75) is 6.92 Å². The van der Waals surface area contributed by atoms with E-state index in [1.807, 2.05) is 4.90 Å². The van der Waals surface area contributed by atoms with Crippen LogP contribution in [0.15, 0.2) is 0 Å². The second-order valence-corrected chi connectivity index (χ2v) is 6.60. The molecule has 1 aliphatic heterocycles. The van der Waals surface area contributed by atoms with Gasteiger partial charge in [0.1, 0.15) is 0 Å². The van der Waals surface area contributed by atoms with Gasteiger partial charge < -0.3 is 10.6 Å². The summed E-state index contributed by atoms with van der Waals surface area (Å²) in [6.07, 6.45) is 0. The molecule has 1 saturated heterocycles.